The molecule has 4 aromatic rings. The lowest BCUT2D eigenvalue weighted by Crippen LogP contribution is -2.29. The van der Waals surface area contributed by atoms with Crippen LogP contribution in [0.5, 0.6) is 0 Å². The van der Waals surface area contributed by atoms with Gasteiger partial charge in [-0.1, -0.05) is 42.5 Å². The van der Waals surface area contributed by atoms with E-state index in [4.69, 9.17) is 0 Å². The molecule has 1 saturated heterocycles. The minimum Gasteiger partial charge on any atom is -0.343 e. The average molecular weight is 472 g/mol. The number of carbonyl (C=O) groups is 1. The van der Waals surface area contributed by atoms with Crippen LogP contribution in [0.2, 0.25) is 0 Å². The number of likely N-dealkylation sites (tertiary alicyclic amines) is 1. The Morgan fingerprint density at radius 3 is 2.49 bits per heavy atom. The standard InChI is InChI=1S/C28H26FN3O3/c29-22-10-6-9-21(15-22)24(17-28(33)30-13-4-5-14-30)26-19-31(18-20-7-2-1-3-8-20)27-12-11-23(32(34)35)16-25(26)27/h1-3,6-12,15-16,19,24H,4-5,13-14,17-18H2/t24-/m0/s1. The molecule has 5 rings (SSSR count). The van der Waals surface area contributed by atoms with Crippen LogP contribution in [-0.4, -0.2) is 33.4 Å². The summed E-state index contributed by atoms with van der Waals surface area (Å²) >= 11 is 0. The van der Waals surface area contributed by atoms with Crippen molar-refractivity contribution in [2.24, 2.45) is 0 Å². The Morgan fingerprint density at radius 1 is 1.00 bits per heavy atom. The third-order valence-electron chi connectivity index (χ3n) is 6.77. The molecule has 0 N–H and O–H groups in total. The lowest BCUT2D eigenvalue weighted by Gasteiger charge is -2.21. The Bertz CT molecular complexity index is 1380. The van der Waals surface area contributed by atoms with E-state index in [0.29, 0.717) is 17.5 Å². The number of nitrogens with zero attached hydrogens (tertiary/aromatic N) is 3. The molecule has 2 heterocycles. The van der Waals surface area contributed by atoms with Crippen LogP contribution in [0.4, 0.5) is 10.1 Å². The summed E-state index contributed by atoms with van der Waals surface area (Å²) < 4.78 is 16.3. The summed E-state index contributed by atoms with van der Waals surface area (Å²) in [6.07, 6.45) is 4.11. The maximum absolute atomic E-state index is 14.3. The fourth-order valence-corrected chi connectivity index (χ4v) is 5.02. The highest BCUT2D eigenvalue weighted by molar-refractivity contribution is 5.88. The van der Waals surface area contributed by atoms with Gasteiger partial charge in [0.2, 0.25) is 5.91 Å². The van der Waals surface area contributed by atoms with E-state index >= 15 is 0 Å². The first-order chi connectivity index (χ1) is 17.0. The van der Waals surface area contributed by atoms with E-state index in [0.717, 1.165) is 42.6 Å². The SMILES string of the molecule is O=C(C[C@@H](c1cccc(F)c1)c1cn(Cc2ccccc2)c2ccc([N+](=O)[O-])cc12)N1CCCC1. The number of benzene rings is 3. The molecular weight excluding hydrogens is 445 g/mol. The topological polar surface area (TPSA) is 68.4 Å². The van der Waals surface area contributed by atoms with Crippen molar-refractivity contribution in [3.05, 3.63) is 112 Å². The van der Waals surface area contributed by atoms with Crippen LogP contribution in [0.15, 0.2) is 79.0 Å². The molecule has 1 amide bonds. The van der Waals surface area contributed by atoms with Gasteiger partial charge in [0.05, 0.1) is 4.92 Å². The fraction of sp³-hybridized carbons (Fsp3) is 0.250. The second-order valence-corrected chi connectivity index (χ2v) is 9.06. The maximum Gasteiger partial charge on any atom is 0.270 e. The largest absolute Gasteiger partial charge is 0.343 e. The van der Waals surface area contributed by atoms with Crippen LogP contribution in [0.3, 0.4) is 0 Å². The second kappa shape index (κ2) is 9.70. The number of nitro groups is 1. The summed E-state index contributed by atoms with van der Waals surface area (Å²) in [7, 11) is 0. The number of hydrogen-bond donors (Lipinski definition) is 0. The van der Waals surface area contributed by atoms with Crippen molar-refractivity contribution in [3.63, 3.8) is 0 Å². The summed E-state index contributed by atoms with van der Waals surface area (Å²) in [6.45, 7) is 2.04. The zero-order valence-electron chi connectivity index (χ0n) is 19.3. The zero-order chi connectivity index (χ0) is 24.4. The van der Waals surface area contributed by atoms with E-state index in [-0.39, 0.29) is 23.8 Å². The van der Waals surface area contributed by atoms with E-state index in [1.165, 1.54) is 18.2 Å². The Kier molecular flexibility index (Phi) is 6.31. The van der Waals surface area contributed by atoms with Gasteiger partial charge in [0.1, 0.15) is 5.82 Å². The lowest BCUT2D eigenvalue weighted by molar-refractivity contribution is -0.384. The molecular formula is C28H26FN3O3. The second-order valence-electron chi connectivity index (χ2n) is 9.06. The number of rotatable bonds is 7. The first kappa shape index (κ1) is 22.8. The molecule has 0 unspecified atom stereocenters. The van der Waals surface area contributed by atoms with Gasteiger partial charge in [0.25, 0.3) is 5.69 Å². The van der Waals surface area contributed by atoms with Crippen LogP contribution >= 0.6 is 0 Å². The number of carbonyl (C=O) groups excluding carboxylic acids is 1. The van der Waals surface area contributed by atoms with Gasteiger partial charge in [-0.25, -0.2) is 4.39 Å². The van der Waals surface area contributed by atoms with Gasteiger partial charge in [0, 0.05) is 61.2 Å². The van der Waals surface area contributed by atoms with Gasteiger partial charge in [-0.05, 0) is 47.7 Å². The Labute approximate surface area is 202 Å². The first-order valence-electron chi connectivity index (χ1n) is 11.8. The number of fused-ring (bicyclic) bond motifs is 1. The van der Waals surface area contributed by atoms with E-state index in [2.05, 4.69) is 4.57 Å². The van der Waals surface area contributed by atoms with Crippen LogP contribution < -0.4 is 0 Å². The smallest absolute Gasteiger partial charge is 0.270 e. The quantitative estimate of drug-likeness (QED) is 0.250. The highest BCUT2D eigenvalue weighted by Gasteiger charge is 2.27. The van der Waals surface area contributed by atoms with Crippen LogP contribution in [0, 0.1) is 15.9 Å². The van der Waals surface area contributed by atoms with Gasteiger partial charge in [-0.2, -0.15) is 0 Å². The van der Waals surface area contributed by atoms with E-state index in [9.17, 15) is 19.3 Å². The number of halogens is 1. The average Bonchev–Trinajstić information content (AvgIpc) is 3.52. The summed E-state index contributed by atoms with van der Waals surface area (Å²) in [5.41, 5.74) is 3.38. The van der Waals surface area contributed by atoms with Crippen LogP contribution in [-0.2, 0) is 11.3 Å². The molecule has 0 saturated carbocycles. The Balaban J connectivity index is 1.65. The van der Waals surface area contributed by atoms with E-state index in [1.54, 1.807) is 18.2 Å². The molecule has 1 fully saturated rings. The molecule has 7 heteroatoms. The fourth-order valence-electron chi connectivity index (χ4n) is 5.02. The van der Waals surface area contributed by atoms with Crippen molar-refractivity contribution in [3.8, 4) is 0 Å². The minimum absolute atomic E-state index is 0.0138. The molecule has 0 radical (unpaired) electrons. The molecule has 6 nitrogen and oxygen atoms in total. The molecule has 178 valence electrons. The molecule has 1 atom stereocenters. The molecule has 0 aliphatic carbocycles. The Hall–Kier alpha value is -4.00. The normalized spacial score (nSPS) is 14.4. The summed E-state index contributed by atoms with van der Waals surface area (Å²) in [4.78, 5) is 26.2. The minimum atomic E-state index is -0.430. The number of non-ortho nitro benzene ring substituents is 1. The molecule has 35 heavy (non-hydrogen) atoms. The molecule has 0 spiro atoms. The third-order valence-corrected chi connectivity index (χ3v) is 6.77. The lowest BCUT2D eigenvalue weighted by atomic mass is 9.87. The summed E-state index contributed by atoms with van der Waals surface area (Å²) in [6, 6.07) is 21.1. The van der Waals surface area contributed by atoms with Crippen molar-refractivity contribution in [1.29, 1.82) is 0 Å². The van der Waals surface area contributed by atoms with Crippen molar-refractivity contribution in [2.75, 3.05) is 13.1 Å². The number of amides is 1. The van der Waals surface area contributed by atoms with Gasteiger partial charge < -0.3 is 9.47 Å². The van der Waals surface area contributed by atoms with E-state index in [1.807, 2.05) is 47.5 Å². The van der Waals surface area contributed by atoms with Gasteiger partial charge in [-0.3, -0.25) is 14.9 Å². The molecule has 0 bridgehead atoms. The molecule has 1 aliphatic heterocycles. The molecule has 1 aromatic heterocycles. The highest BCUT2D eigenvalue weighted by Crippen LogP contribution is 2.37. The maximum atomic E-state index is 14.3. The highest BCUT2D eigenvalue weighted by atomic mass is 19.1. The van der Waals surface area contributed by atoms with Gasteiger partial charge in [-0.15, -0.1) is 0 Å². The van der Waals surface area contributed by atoms with Gasteiger partial charge in [0.15, 0.2) is 0 Å². The van der Waals surface area contributed by atoms with Crippen molar-refractivity contribution in [2.45, 2.75) is 31.7 Å². The zero-order valence-corrected chi connectivity index (χ0v) is 19.3. The number of hydrogen-bond acceptors (Lipinski definition) is 3. The summed E-state index contributed by atoms with van der Waals surface area (Å²) in [5.74, 6) is -0.786. The van der Waals surface area contributed by atoms with Crippen molar-refractivity contribution < 1.29 is 14.1 Å². The third kappa shape index (κ3) is 4.80. The Morgan fingerprint density at radius 2 is 1.77 bits per heavy atom. The first-order valence-corrected chi connectivity index (χ1v) is 11.8. The van der Waals surface area contributed by atoms with Crippen molar-refractivity contribution in [1.82, 2.24) is 9.47 Å². The van der Waals surface area contributed by atoms with Gasteiger partial charge >= 0.3 is 0 Å². The molecule has 1 aliphatic rings. The predicted octanol–water partition coefficient (Wildman–Crippen LogP) is 5.88. The predicted molar refractivity (Wildman–Crippen MR) is 133 cm³/mol. The van der Waals surface area contributed by atoms with Crippen LogP contribution in [0.25, 0.3) is 10.9 Å². The van der Waals surface area contributed by atoms with Crippen molar-refractivity contribution >= 4 is 22.5 Å². The molecule has 3 aromatic carbocycles. The monoisotopic (exact) mass is 471 g/mol. The number of nitro benzene ring substituents is 1. The van der Waals surface area contributed by atoms with E-state index < -0.39 is 10.8 Å². The summed E-state index contributed by atoms with van der Waals surface area (Å²) in [5, 5.41) is 12.3. The van der Waals surface area contributed by atoms with Crippen LogP contribution in [0.1, 0.15) is 41.9 Å². The number of aromatic nitrogens is 1.